The lowest BCUT2D eigenvalue weighted by molar-refractivity contribution is -0.138. The van der Waals surface area contributed by atoms with Crippen molar-refractivity contribution in [2.24, 2.45) is 5.72 Å². The molecule has 1 atom stereocenters. The third-order valence-corrected chi connectivity index (χ3v) is 0.844. The lowest BCUT2D eigenvalue weighted by Gasteiger charge is -2.01. The van der Waals surface area contributed by atoms with E-state index in [1.165, 1.54) is 0 Å². The van der Waals surface area contributed by atoms with Crippen LogP contribution in [-0.2, 0) is 11.2 Å². The summed E-state index contributed by atoms with van der Waals surface area (Å²) in [6.45, 7) is 0. The van der Waals surface area contributed by atoms with E-state index in [0.717, 1.165) is 0 Å². The second-order valence-corrected chi connectivity index (χ2v) is 1.60. The monoisotopic (exact) mass is 162 g/mol. The zero-order valence-corrected chi connectivity index (χ0v) is 5.25. The van der Waals surface area contributed by atoms with E-state index >= 15 is 0 Å². The molecular weight excluding hydrogens is 146 g/mol. The maximum Gasteiger partial charge on any atom is 0.320 e. The third-order valence-electron chi connectivity index (χ3n) is 0.844. The minimum absolute atomic E-state index is 0.576. The standard InChI is InChI=1S/C6H9N3O2/c7-5(6(10)11)1-4-2-8-3-9-4/h2-3,5H,1,7H2,(H,8,9)(H,10,11)/t5-/m0/s1/i1D2,2D,3D,5D/hD2. The molecule has 1 heterocycles. The zero-order valence-electron chi connectivity index (χ0n) is 12.2. The largest absolute Gasteiger partial charge is 0.480 e. The topological polar surface area (TPSA) is 92.0 Å². The SMILES string of the molecule is [2H]c1nc(C([2H])([2H])[C@@]([2H])(C(=O)O)N([2H])[2H])c([2H])[nH]1. The van der Waals surface area contributed by atoms with Gasteiger partial charge in [-0.05, 0) is 0 Å². The van der Waals surface area contributed by atoms with Crippen molar-refractivity contribution in [3.05, 3.63) is 18.2 Å². The molecule has 0 saturated carbocycles. The average molecular weight is 162 g/mol. The van der Waals surface area contributed by atoms with Crippen LogP contribution in [0.25, 0.3) is 0 Å². The summed E-state index contributed by atoms with van der Waals surface area (Å²) in [7, 11) is 0. The summed E-state index contributed by atoms with van der Waals surface area (Å²) < 4.78 is 50.8. The summed E-state index contributed by atoms with van der Waals surface area (Å²) >= 11 is 0. The fourth-order valence-corrected chi connectivity index (χ4v) is 0.424. The Labute approximate surface area is 73.2 Å². The predicted molar refractivity (Wildman–Crippen MR) is 37.9 cm³/mol. The highest BCUT2D eigenvalue weighted by Gasteiger charge is 2.12. The van der Waals surface area contributed by atoms with Crippen molar-refractivity contribution in [3.8, 4) is 0 Å². The second kappa shape index (κ2) is 3.16. The normalized spacial score (nSPS) is 26.5. The lowest BCUT2D eigenvalue weighted by atomic mass is 10.2. The highest BCUT2D eigenvalue weighted by Crippen LogP contribution is 1.95. The molecular formula is C6H9N3O2. The molecule has 4 N–H and O–H groups in total. The number of carboxylic acids is 1. The van der Waals surface area contributed by atoms with E-state index in [9.17, 15) is 4.79 Å². The molecule has 11 heavy (non-hydrogen) atoms. The first-order valence-electron chi connectivity index (χ1n) is 5.99. The number of imidazole rings is 1. The van der Waals surface area contributed by atoms with E-state index in [1.807, 2.05) is 4.98 Å². The Bertz CT molecular complexity index is 476. The number of aromatic nitrogens is 2. The number of nitrogens with zero attached hydrogens (tertiary/aromatic N) is 1. The van der Waals surface area contributed by atoms with Gasteiger partial charge in [-0.3, -0.25) is 4.79 Å². The van der Waals surface area contributed by atoms with Gasteiger partial charge in [0.15, 0.2) is 0 Å². The van der Waals surface area contributed by atoms with Crippen LogP contribution in [0, 0.1) is 0 Å². The Kier molecular flexibility index (Phi) is 0.746. The van der Waals surface area contributed by atoms with E-state index in [1.54, 1.807) is 0 Å². The van der Waals surface area contributed by atoms with Crippen molar-refractivity contribution < 1.29 is 19.6 Å². The van der Waals surface area contributed by atoms with E-state index in [-0.39, 0.29) is 0 Å². The fraction of sp³-hybridized carbons (Fsp3) is 0.333. The smallest absolute Gasteiger partial charge is 0.320 e. The number of carbonyl (C=O) groups is 1. The van der Waals surface area contributed by atoms with Gasteiger partial charge < -0.3 is 15.8 Å². The van der Waals surface area contributed by atoms with Gasteiger partial charge in [0.25, 0.3) is 0 Å². The van der Waals surface area contributed by atoms with Crippen molar-refractivity contribution in [1.29, 1.82) is 0 Å². The predicted octanol–water partition coefficient (Wildman–Crippen LogP) is -0.636. The van der Waals surface area contributed by atoms with Crippen LogP contribution in [0.1, 0.15) is 12.5 Å². The molecule has 0 aliphatic rings. The Morgan fingerprint density at radius 1 is 2.36 bits per heavy atom. The van der Waals surface area contributed by atoms with E-state index < -0.39 is 42.3 Å². The lowest BCUT2D eigenvalue weighted by Crippen LogP contribution is -2.32. The second-order valence-electron chi connectivity index (χ2n) is 1.60. The van der Waals surface area contributed by atoms with Crippen LogP contribution in [0.4, 0.5) is 0 Å². The van der Waals surface area contributed by atoms with Gasteiger partial charge in [0.1, 0.15) is 10.2 Å². The highest BCUT2D eigenvalue weighted by atomic mass is 16.4. The summed E-state index contributed by atoms with van der Waals surface area (Å²) in [5, 5.41) is 8.84. The van der Waals surface area contributed by atoms with Crippen molar-refractivity contribution in [2.45, 2.75) is 12.4 Å². The van der Waals surface area contributed by atoms with Gasteiger partial charge in [0.05, 0.1) is 14.7 Å². The van der Waals surface area contributed by atoms with Crippen LogP contribution in [0.15, 0.2) is 12.5 Å². The van der Waals surface area contributed by atoms with Crippen LogP contribution in [-0.4, -0.2) is 27.1 Å². The van der Waals surface area contributed by atoms with Crippen molar-refractivity contribution >= 4 is 5.97 Å². The molecule has 1 aromatic rings. The van der Waals surface area contributed by atoms with Crippen molar-refractivity contribution in [2.75, 3.05) is 0 Å². The molecule has 0 bridgehead atoms. The van der Waals surface area contributed by atoms with Crippen LogP contribution >= 0.6 is 0 Å². The van der Waals surface area contributed by atoms with Crippen molar-refractivity contribution in [3.63, 3.8) is 0 Å². The summed E-state index contributed by atoms with van der Waals surface area (Å²) in [4.78, 5) is 16.3. The number of hydrogen-bond donors (Lipinski definition) is 3. The molecule has 0 aliphatic carbocycles. The number of carboxylic acid groups (broad SMARTS) is 1. The number of nitrogens with two attached hydrogens (primary N) is 1. The van der Waals surface area contributed by atoms with Crippen LogP contribution in [0.3, 0.4) is 0 Å². The molecule has 0 amide bonds. The molecule has 0 radical (unpaired) electrons. The molecule has 0 aliphatic heterocycles. The summed E-state index contributed by atoms with van der Waals surface area (Å²) in [6, 6.07) is -3.32. The number of hydrogen-bond acceptors (Lipinski definition) is 3. The number of rotatable bonds is 4. The number of H-pyrrole nitrogens is 1. The molecule has 1 rings (SSSR count). The van der Waals surface area contributed by atoms with E-state index in [2.05, 4.69) is 4.98 Å². The maximum atomic E-state index is 10.9. The molecule has 5 heteroatoms. The highest BCUT2D eigenvalue weighted by molar-refractivity contribution is 5.73. The molecule has 0 saturated heterocycles. The fourth-order valence-electron chi connectivity index (χ4n) is 0.424. The van der Waals surface area contributed by atoms with Gasteiger partial charge in [0, 0.05) is 15.3 Å². The molecule has 5 nitrogen and oxygen atoms in total. The summed E-state index contributed by atoms with van der Waals surface area (Å²) in [5.74, 6) is -2.08. The molecule has 0 aromatic carbocycles. The van der Waals surface area contributed by atoms with Gasteiger partial charge in [-0.25, -0.2) is 4.98 Å². The van der Waals surface area contributed by atoms with E-state index in [0.29, 0.717) is 0 Å². The molecule has 60 valence electrons. The van der Waals surface area contributed by atoms with Crippen molar-refractivity contribution in [1.82, 2.24) is 9.97 Å². The average Bonchev–Trinajstić information content (AvgIpc) is 2.56. The Hall–Kier alpha value is -1.36. The minimum Gasteiger partial charge on any atom is -0.480 e. The van der Waals surface area contributed by atoms with Crippen LogP contribution in [0.2, 0.25) is 2.82 Å². The number of aliphatic carboxylic acids is 1. The summed E-state index contributed by atoms with van der Waals surface area (Å²) in [6.07, 6.45) is -4.38. The summed E-state index contributed by atoms with van der Waals surface area (Å²) in [5.41, 5.74) is -1.43. The van der Waals surface area contributed by atoms with Gasteiger partial charge >= 0.3 is 5.97 Å². The van der Waals surface area contributed by atoms with Gasteiger partial charge in [-0.1, -0.05) is 0 Å². The van der Waals surface area contributed by atoms with E-state index in [4.69, 9.17) is 14.8 Å². The van der Waals surface area contributed by atoms with Crippen LogP contribution in [0.5, 0.6) is 0 Å². The minimum atomic E-state index is -3.32. The third kappa shape index (κ3) is 2.05. The van der Waals surface area contributed by atoms with Gasteiger partial charge in [-0.15, -0.1) is 0 Å². The number of nitrogens with one attached hydrogen (secondary N) is 1. The molecule has 0 spiro atoms. The first-order chi connectivity index (χ1) is 8.05. The Morgan fingerprint density at radius 3 is 3.64 bits per heavy atom. The number of aromatic amines is 1. The molecule has 1 aromatic heterocycles. The molecule has 0 unspecified atom stereocenters. The first-order valence-corrected chi connectivity index (χ1v) is 2.60. The van der Waals surface area contributed by atoms with Gasteiger partial charge in [-0.2, -0.15) is 0 Å². The quantitative estimate of drug-likeness (QED) is 0.549. The Balaban J connectivity index is 3.43. The zero-order chi connectivity index (χ0) is 14.3. The first kappa shape index (κ1) is 2.60. The Morgan fingerprint density at radius 2 is 3.18 bits per heavy atom. The van der Waals surface area contributed by atoms with Gasteiger partial charge in [0.2, 0.25) is 0 Å². The molecule has 0 fully saturated rings. The van der Waals surface area contributed by atoms with Crippen LogP contribution < -0.4 is 5.72 Å². The maximum absolute atomic E-state index is 10.9.